The molecular weight excluding hydrogens is 444 g/mol. The smallest absolute Gasteiger partial charge is 0.326 e. The maximum atomic E-state index is 12.7. The summed E-state index contributed by atoms with van der Waals surface area (Å²) in [7, 11) is 0. The number of aliphatic hydroxyl groups is 1. The van der Waals surface area contributed by atoms with E-state index in [1.165, 1.54) is 11.8 Å². The van der Waals surface area contributed by atoms with Gasteiger partial charge in [0.2, 0.25) is 23.6 Å². The molecule has 0 bridgehead atoms. The van der Waals surface area contributed by atoms with Crippen LogP contribution < -0.4 is 33.2 Å². The zero-order chi connectivity index (χ0) is 24.7. The van der Waals surface area contributed by atoms with Crippen molar-refractivity contribution in [3.05, 3.63) is 0 Å². The van der Waals surface area contributed by atoms with Gasteiger partial charge in [-0.25, -0.2) is 4.79 Å². The van der Waals surface area contributed by atoms with Gasteiger partial charge in [0.25, 0.3) is 0 Å². The second-order valence-electron chi connectivity index (χ2n) is 7.05. The zero-order valence-electron chi connectivity index (χ0n) is 18.0. The van der Waals surface area contributed by atoms with E-state index in [1.54, 1.807) is 6.26 Å². The Balaban J connectivity index is 5.24. The van der Waals surface area contributed by atoms with E-state index in [9.17, 15) is 34.2 Å². The summed E-state index contributed by atoms with van der Waals surface area (Å²) in [6.45, 7) is -0.440. The molecule has 184 valence electrons. The number of nitrogens with two attached hydrogens (primary N) is 3. The lowest BCUT2D eigenvalue weighted by atomic mass is 10.1. The average Bonchev–Trinajstić information content (AvgIpc) is 2.72. The van der Waals surface area contributed by atoms with Crippen LogP contribution in [-0.2, 0) is 24.0 Å². The van der Waals surface area contributed by atoms with Crippen molar-refractivity contribution in [2.24, 2.45) is 17.2 Å². The molecule has 0 radical (unpaired) electrons. The SMILES string of the molecule is CSCCC(NC(=O)C(CCCCN)NC(=O)C(CO)NC(=O)C(N)CC(N)=O)C(=O)O. The first-order chi connectivity index (χ1) is 15.1. The number of rotatable bonds is 17. The molecule has 0 aliphatic heterocycles. The number of hydrogen-bond donors (Lipinski definition) is 8. The largest absolute Gasteiger partial charge is 0.480 e. The molecule has 4 amide bonds. The van der Waals surface area contributed by atoms with Crippen LogP contribution >= 0.6 is 11.8 Å². The molecule has 0 fully saturated rings. The summed E-state index contributed by atoms with van der Waals surface area (Å²) in [6.07, 6.45) is 2.74. The summed E-state index contributed by atoms with van der Waals surface area (Å²) in [5, 5.41) is 25.8. The van der Waals surface area contributed by atoms with E-state index in [0.29, 0.717) is 25.1 Å². The van der Waals surface area contributed by atoms with Gasteiger partial charge in [-0.2, -0.15) is 11.8 Å². The zero-order valence-corrected chi connectivity index (χ0v) is 18.9. The van der Waals surface area contributed by atoms with E-state index in [0.717, 1.165) is 0 Å². The van der Waals surface area contributed by atoms with Crippen molar-refractivity contribution in [1.29, 1.82) is 0 Å². The van der Waals surface area contributed by atoms with Crippen molar-refractivity contribution in [1.82, 2.24) is 16.0 Å². The highest BCUT2D eigenvalue weighted by molar-refractivity contribution is 7.98. The third kappa shape index (κ3) is 11.8. The summed E-state index contributed by atoms with van der Waals surface area (Å²) in [4.78, 5) is 59.5. The Morgan fingerprint density at radius 1 is 0.906 bits per heavy atom. The number of aliphatic carboxylic acids is 1. The topological polar surface area (TPSA) is 240 Å². The maximum Gasteiger partial charge on any atom is 0.326 e. The van der Waals surface area contributed by atoms with Crippen LogP contribution in [0.15, 0.2) is 0 Å². The van der Waals surface area contributed by atoms with Crippen LogP contribution in [0.2, 0.25) is 0 Å². The predicted molar refractivity (Wildman–Crippen MR) is 118 cm³/mol. The lowest BCUT2D eigenvalue weighted by Crippen LogP contribution is -2.58. The highest BCUT2D eigenvalue weighted by Crippen LogP contribution is 2.06. The van der Waals surface area contributed by atoms with Crippen molar-refractivity contribution >= 4 is 41.4 Å². The molecule has 32 heavy (non-hydrogen) atoms. The van der Waals surface area contributed by atoms with Gasteiger partial charge < -0.3 is 43.4 Å². The molecule has 0 saturated carbocycles. The molecule has 0 aromatic carbocycles. The minimum atomic E-state index is -1.45. The third-order valence-electron chi connectivity index (χ3n) is 4.38. The van der Waals surface area contributed by atoms with Gasteiger partial charge in [0.15, 0.2) is 0 Å². The minimum Gasteiger partial charge on any atom is -0.480 e. The fourth-order valence-electron chi connectivity index (χ4n) is 2.58. The molecule has 0 heterocycles. The monoisotopic (exact) mass is 478 g/mol. The Morgan fingerprint density at radius 2 is 1.47 bits per heavy atom. The van der Waals surface area contributed by atoms with E-state index in [2.05, 4.69) is 16.0 Å². The molecule has 0 aliphatic carbocycles. The van der Waals surface area contributed by atoms with Crippen LogP contribution in [0.5, 0.6) is 0 Å². The van der Waals surface area contributed by atoms with Crippen molar-refractivity contribution in [3.8, 4) is 0 Å². The number of amides is 4. The molecule has 0 aromatic rings. The number of unbranched alkanes of at least 4 members (excludes halogenated alkanes) is 1. The van der Waals surface area contributed by atoms with Gasteiger partial charge >= 0.3 is 5.97 Å². The fourth-order valence-corrected chi connectivity index (χ4v) is 3.05. The van der Waals surface area contributed by atoms with Gasteiger partial charge in [0, 0.05) is 0 Å². The number of nitrogens with one attached hydrogen (secondary N) is 3. The number of carbonyl (C=O) groups is 5. The number of thioether (sulfide) groups is 1. The Bertz CT molecular complexity index is 651. The molecule has 0 aromatic heterocycles. The minimum absolute atomic E-state index is 0.164. The predicted octanol–water partition coefficient (Wildman–Crippen LogP) is -3.40. The van der Waals surface area contributed by atoms with Gasteiger partial charge in [-0.05, 0) is 44.2 Å². The molecule has 0 spiro atoms. The molecule has 14 heteroatoms. The van der Waals surface area contributed by atoms with Gasteiger partial charge in [-0.1, -0.05) is 0 Å². The molecule has 11 N–H and O–H groups in total. The number of carbonyl (C=O) groups excluding carboxylic acids is 4. The quantitative estimate of drug-likeness (QED) is 0.0963. The van der Waals surface area contributed by atoms with E-state index >= 15 is 0 Å². The summed E-state index contributed by atoms with van der Waals surface area (Å²) < 4.78 is 0. The lowest BCUT2D eigenvalue weighted by Gasteiger charge is -2.24. The second-order valence-corrected chi connectivity index (χ2v) is 8.03. The fraction of sp³-hybridized carbons (Fsp3) is 0.722. The summed E-state index contributed by atoms with van der Waals surface area (Å²) in [6, 6.07) is -5.01. The van der Waals surface area contributed by atoms with Gasteiger partial charge in [-0.15, -0.1) is 0 Å². The first kappa shape index (κ1) is 29.6. The van der Waals surface area contributed by atoms with Crippen molar-refractivity contribution < 1.29 is 34.2 Å². The van der Waals surface area contributed by atoms with Crippen molar-refractivity contribution in [3.63, 3.8) is 0 Å². The second kappa shape index (κ2) is 16.2. The van der Waals surface area contributed by atoms with E-state index < -0.39 is 66.8 Å². The van der Waals surface area contributed by atoms with Crippen LogP contribution in [0.4, 0.5) is 0 Å². The van der Waals surface area contributed by atoms with Crippen molar-refractivity contribution in [2.75, 3.05) is 25.2 Å². The number of carboxylic acids is 1. The lowest BCUT2D eigenvalue weighted by molar-refractivity contribution is -0.142. The Kier molecular flexibility index (Phi) is 15.0. The third-order valence-corrected chi connectivity index (χ3v) is 5.02. The van der Waals surface area contributed by atoms with Crippen LogP contribution in [0, 0.1) is 0 Å². The molecule has 4 atom stereocenters. The van der Waals surface area contributed by atoms with Crippen LogP contribution in [0.3, 0.4) is 0 Å². The molecule has 0 rings (SSSR count). The van der Waals surface area contributed by atoms with Crippen LogP contribution in [0.1, 0.15) is 32.1 Å². The molecule has 4 unspecified atom stereocenters. The highest BCUT2D eigenvalue weighted by Gasteiger charge is 2.30. The summed E-state index contributed by atoms with van der Waals surface area (Å²) >= 11 is 1.42. The van der Waals surface area contributed by atoms with E-state index in [4.69, 9.17) is 17.2 Å². The number of hydrogen-bond acceptors (Lipinski definition) is 9. The van der Waals surface area contributed by atoms with Crippen molar-refractivity contribution in [2.45, 2.75) is 56.3 Å². The van der Waals surface area contributed by atoms with Gasteiger partial charge in [0.1, 0.15) is 18.1 Å². The number of primary amides is 1. The number of aliphatic hydroxyl groups excluding tert-OH is 1. The normalized spacial score (nSPS) is 14.5. The first-order valence-corrected chi connectivity index (χ1v) is 11.4. The Hall–Kier alpha value is -2.42. The Morgan fingerprint density at radius 3 is 1.97 bits per heavy atom. The van der Waals surface area contributed by atoms with Crippen LogP contribution in [0.25, 0.3) is 0 Å². The molecule has 13 nitrogen and oxygen atoms in total. The molecule has 0 aliphatic rings. The van der Waals surface area contributed by atoms with Crippen LogP contribution in [-0.4, -0.2) is 89.1 Å². The van der Waals surface area contributed by atoms with E-state index in [-0.39, 0.29) is 12.8 Å². The van der Waals surface area contributed by atoms with E-state index in [1.807, 2.05) is 0 Å². The highest BCUT2D eigenvalue weighted by atomic mass is 32.2. The first-order valence-electron chi connectivity index (χ1n) is 10.0. The maximum absolute atomic E-state index is 12.7. The van der Waals surface area contributed by atoms with Gasteiger partial charge in [-0.3, -0.25) is 19.2 Å². The average molecular weight is 479 g/mol. The molecule has 0 saturated heterocycles. The summed E-state index contributed by atoms with van der Waals surface area (Å²) in [5.74, 6) is -3.99. The number of carboxylic acid groups (broad SMARTS) is 1. The standard InChI is InChI=1S/C18H34N6O7S/c1-32-7-5-12(18(30)31)23-16(28)11(4-2-3-6-19)22-17(29)13(9-25)24-15(27)10(20)8-14(21)26/h10-13,25H,2-9,19-20H2,1H3,(H2,21,26)(H,22,29)(H,23,28)(H,24,27)(H,30,31). The Labute approximate surface area is 190 Å². The molecular formula is C18H34N6O7S. The summed E-state index contributed by atoms with van der Waals surface area (Å²) in [5.41, 5.74) is 16.0. The van der Waals surface area contributed by atoms with Gasteiger partial charge in [0.05, 0.1) is 19.1 Å².